The van der Waals surface area contributed by atoms with Crippen LogP contribution in [0.5, 0.6) is 0 Å². The van der Waals surface area contributed by atoms with E-state index in [9.17, 15) is 0 Å². The molecule has 0 N–H and O–H groups in total. The van der Waals surface area contributed by atoms with Crippen LogP contribution < -0.4 is 4.90 Å². The molecule has 0 atom stereocenters. The highest BCUT2D eigenvalue weighted by atomic mass is 35.5. The predicted octanol–water partition coefficient (Wildman–Crippen LogP) is 3.39. The molecular formula is C16H19ClN4S. The summed E-state index contributed by atoms with van der Waals surface area (Å²) in [7, 11) is 0. The summed E-state index contributed by atoms with van der Waals surface area (Å²) >= 11 is 8.03. The number of hydrogen-bond acceptors (Lipinski definition) is 5. The van der Waals surface area contributed by atoms with Crippen molar-refractivity contribution in [3.05, 3.63) is 39.9 Å². The van der Waals surface area contributed by atoms with Crippen LogP contribution in [0.15, 0.2) is 24.3 Å². The summed E-state index contributed by atoms with van der Waals surface area (Å²) in [5, 5.41) is 11.9. The Morgan fingerprint density at radius 3 is 2.59 bits per heavy atom. The second kappa shape index (κ2) is 6.14. The van der Waals surface area contributed by atoms with Crippen molar-refractivity contribution in [1.82, 2.24) is 15.1 Å². The van der Waals surface area contributed by atoms with Gasteiger partial charge in [-0.2, -0.15) is 0 Å². The fraction of sp³-hybridized carbons (Fsp3) is 0.500. The summed E-state index contributed by atoms with van der Waals surface area (Å²) in [4.78, 5) is 4.83. The van der Waals surface area contributed by atoms with E-state index in [4.69, 9.17) is 11.6 Å². The molecule has 0 bridgehead atoms. The van der Waals surface area contributed by atoms with E-state index in [0.29, 0.717) is 5.92 Å². The minimum Gasteiger partial charge on any atom is -0.344 e. The lowest BCUT2D eigenvalue weighted by Crippen LogP contribution is -2.46. The quantitative estimate of drug-likeness (QED) is 0.858. The minimum atomic E-state index is 0.702. The topological polar surface area (TPSA) is 32.3 Å². The van der Waals surface area contributed by atoms with E-state index in [0.717, 1.165) is 42.9 Å². The first kappa shape index (κ1) is 14.4. The average Bonchev–Trinajstić information content (AvgIpc) is 3.28. The lowest BCUT2D eigenvalue weighted by molar-refractivity contribution is 0.250. The van der Waals surface area contributed by atoms with Crippen LogP contribution in [0.25, 0.3) is 0 Å². The molecule has 0 spiro atoms. The molecule has 0 amide bonds. The molecule has 2 heterocycles. The van der Waals surface area contributed by atoms with E-state index in [2.05, 4.69) is 32.1 Å². The number of hydrogen-bond donors (Lipinski definition) is 0. The van der Waals surface area contributed by atoms with Crippen LogP contribution in [0.2, 0.25) is 5.02 Å². The molecule has 4 nitrogen and oxygen atoms in total. The van der Waals surface area contributed by atoms with Crippen molar-refractivity contribution in [2.75, 3.05) is 31.1 Å². The third-order valence-electron chi connectivity index (χ3n) is 4.35. The van der Waals surface area contributed by atoms with Crippen LogP contribution in [-0.4, -0.2) is 41.3 Å². The molecule has 0 radical (unpaired) electrons. The van der Waals surface area contributed by atoms with Crippen LogP contribution in [-0.2, 0) is 6.54 Å². The van der Waals surface area contributed by atoms with Gasteiger partial charge >= 0.3 is 0 Å². The van der Waals surface area contributed by atoms with E-state index in [1.807, 2.05) is 12.1 Å². The largest absolute Gasteiger partial charge is 0.344 e. The zero-order valence-corrected chi connectivity index (χ0v) is 14.0. The zero-order chi connectivity index (χ0) is 14.9. The van der Waals surface area contributed by atoms with Gasteiger partial charge in [0.2, 0.25) is 5.13 Å². The predicted molar refractivity (Wildman–Crippen MR) is 90.8 cm³/mol. The van der Waals surface area contributed by atoms with Gasteiger partial charge in [0, 0.05) is 43.7 Å². The van der Waals surface area contributed by atoms with E-state index in [1.165, 1.54) is 23.4 Å². The SMILES string of the molecule is Clc1ccccc1CN1CCN(c2nnc(C3CC3)s2)CC1. The summed E-state index contributed by atoms with van der Waals surface area (Å²) in [5.41, 5.74) is 1.21. The molecule has 4 rings (SSSR count). The number of benzene rings is 1. The highest BCUT2D eigenvalue weighted by Crippen LogP contribution is 2.42. The second-order valence-electron chi connectivity index (χ2n) is 6.05. The van der Waals surface area contributed by atoms with E-state index in [1.54, 1.807) is 11.3 Å². The molecule has 22 heavy (non-hydrogen) atoms. The maximum absolute atomic E-state index is 6.25. The molecule has 1 aliphatic heterocycles. The van der Waals surface area contributed by atoms with Crippen LogP contribution in [0.3, 0.4) is 0 Å². The number of piperazine rings is 1. The highest BCUT2D eigenvalue weighted by molar-refractivity contribution is 7.15. The Kier molecular flexibility index (Phi) is 4.03. The molecule has 116 valence electrons. The van der Waals surface area contributed by atoms with Gasteiger partial charge < -0.3 is 4.90 Å². The third-order valence-corrected chi connectivity index (χ3v) is 5.87. The van der Waals surface area contributed by atoms with Gasteiger partial charge in [0.15, 0.2) is 0 Å². The lowest BCUT2D eigenvalue weighted by atomic mass is 10.2. The molecule has 2 aromatic rings. The lowest BCUT2D eigenvalue weighted by Gasteiger charge is -2.34. The second-order valence-corrected chi connectivity index (χ2v) is 7.45. The minimum absolute atomic E-state index is 0.702. The molecule has 1 saturated carbocycles. The van der Waals surface area contributed by atoms with Crippen molar-refractivity contribution in [3.8, 4) is 0 Å². The zero-order valence-electron chi connectivity index (χ0n) is 12.4. The van der Waals surface area contributed by atoms with Gasteiger partial charge in [-0.15, -0.1) is 10.2 Å². The van der Waals surface area contributed by atoms with Gasteiger partial charge in [-0.3, -0.25) is 4.90 Å². The summed E-state index contributed by atoms with van der Waals surface area (Å²) in [6, 6.07) is 8.12. The molecule has 2 aliphatic rings. The van der Waals surface area contributed by atoms with Gasteiger partial charge in [0.1, 0.15) is 5.01 Å². The number of anilines is 1. The normalized spacial score (nSPS) is 19.6. The van der Waals surface area contributed by atoms with Crippen molar-refractivity contribution < 1.29 is 0 Å². The van der Waals surface area contributed by atoms with Crippen molar-refractivity contribution >= 4 is 28.1 Å². The maximum Gasteiger partial charge on any atom is 0.208 e. The Hall–Kier alpha value is -1.17. The number of halogens is 1. The summed E-state index contributed by atoms with van der Waals surface area (Å²) in [6.45, 7) is 5.05. The molecule has 1 aliphatic carbocycles. The monoisotopic (exact) mass is 334 g/mol. The Labute approximate surface area is 139 Å². The Morgan fingerprint density at radius 1 is 1.09 bits per heavy atom. The Balaban J connectivity index is 1.34. The van der Waals surface area contributed by atoms with Crippen molar-refractivity contribution in [2.24, 2.45) is 0 Å². The molecule has 1 saturated heterocycles. The Bertz CT molecular complexity index is 647. The molecule has 1 aromatic carbocycles. The molecule has 6 heteroatoms. The van der Waals surface area contributed by atoms with Crippen molar-refractivity contribution in [2.45, 2.75) is 25.3 Å². The molecular weight excluding hydrogens is 316 g/mol. The van der Waals surface area contributed by atoms with Gasteiger partial charge in [0.25, 0.3) is 0 Å². The maximum atomic E-state index is 6.25. The van der Waals surface area contributed by atoms with Crippen molar-refractivity contribution in [3.63, 3.8) is 0 Å². The highest BCUT2D eigenvalue weighted by Gasteiger charge is 2.29. The van der Waals surface area contributed by atoms with Crippen LogP contribution in [0, 0.1) is 0 Å². The van der Waals surface area contributed by atoms with E-state index >= 15 is 0 Å². The smallest absolute Gasteiger partial charge is 0.208 e. The van der Waals surface area contributed by atoms with Crippen LogP contribution in [0.1, 0.15) is 29.3 Å². The first-order valence-electron chi connectivity index (χ1n) is 7.84. The van der Waals surface area contributed by atoms with E-state index < -0.39 is 0 Å². The molecule has 2 fully saturated rings. The van der Waals surface area contributed by atoms with Crippen molar-refractivity contribution in [1.29, 1.82) is 0 Å². The standard InChI is InChI=1S/C16H19ClN4S/c17-14-4-2-1-3-13(14)11-20-7-9-21(10-8-20)16-19-18-15(22-16)12-5-6-12/h1-4,12H,5-11H2. The van der Waals surface area contributed by atoms with Gasteiger partial charge in [0.05, 0.1) is 0 Å². The number of aromatic nitrogens is 2. The Morgan fingerprint density at radius 2 is 1.86 bits per heavy atom. The van der Waals surface area contributed by atoms with Crippen LogP contribution >= 0.6 is 22.9 Å². The fourth-order valence-corrected chi connectivity index (χ4v) is 4.07. The average molecular weight is 335 g/mol. The summed E-state index contributed by atoms with van der Waals surface area (Å²) in [6.07, 6.45) is 2.58. The first-order valence-corrected chi connectivity index (χ1v) is 9.03. The number of rotatable bonds is 4. The van der Waals surface area contributed by atoms with Gasteiger partial charge in [-0.1, -0.05) is 41.1 Å². The molecule has 0 unspecified atom stereocenters. The fourth-order valence-electron chi connectivity index (χ4n) is 2.81. The third kappa shape index (κ3) is 3.12. The van der Waals surface area contributed by atoms with Gasteiger partial charge in [-0.25, -0.2) is 0 Å². The summed E-state index contributed by atoms with van der Waals surface area (Å²) < 4.78 is 0. The summed E-state index contributed by atoms with van der Waals surface area (Å²) in [5.74, 6) is 0.702. The van der Waals surface area contributed by atoms with Crippen LogP contribution in [0.4, 0.5) is 5.13 Å². The molecule has 1 aromatic heterocycles. The van der Waals surface area contributed by atoms with Gasteiger partial charge in [-0.05, 0) is 24.5 Å². The van der Waals surface area contributed by atoms with E-state index in [-0.39, 0.29) is 0 Å². The first-order chi connectivity index (χ1) is 10.8. The number of nitrogens with zero attached hydrogens (tertiary/aromatic N) is 4.